The molecule has 1 aromatic heterocycles. The first-order valence-electron chi connectivity index (χ1n) is 4.44. The summed E-state index contributed by atoms with van der Waals surface area (Å²) >= 11 is 1.69. The van der Waals surface area contributed by atoms with Crippen molar-refractivity contribution in [3.8, 4) is 0 Å². The van der Waals surface area contributed by atoms with Crippen LogP contribution >= 0.6 is 11.8 Å². The molecule has 0 aromatic carbocycles. The van der Waals surface area contributed by atoms with Crippen LogP contribution < -0.4 is 5.32 Å². The van der Waals surface area contributed by atoms with E-state index in [1.54, 1.807) is 24.2 Å². The van der Waals surface area contributed by atoms with E-state index in [0.29, 0.717) is 6.04 Å². The van der Waals surface area contributed by atoms with Crippen molar-refractivity contribution in [2.45, 2.75) is 24.5 Å². The van der Waals surface area contributed by atoms with Gasteiger partial charge in [-0.25, -0.2) is 9.97 Å². The molecule has 0 saturated carbocycles. The van der Waals surface area contributed by atoms with Gasteiger partial charge in [-0.2, -0.15) is 0 Å². The lowest BCUT2D eigenvalue weighted by atomic mass is 10.3. The molecule has 1 atom stereocenters. The Labute approximate surface area is 83.4 Å². The van der Waals surface area contributed by atoms with E-state index in [1.165, 1.54) is 0 Å². The summed E-state index contributed by atoms with van der Waals surface area (Å²) in [5, 5.41) is 4.10. The normalized spacial score (nSPS) is 12.8. The Morgan fingerprint density at radius 2 is 2.15 bits per heavy atom. The van der Waals surface area contributed by atoms with Crippen molar-refractivity contribution in [1.82, 2.24) is 15.3 Å². The standard InChI is InChI=1S/C9H15N3S/c1-3-8(10-2)7-13-9-11-5-4-6-12-9/h4-6,8,10H,3,7H2,1-2H3. The third-order valence-electron chi connectivity index (χ3n) is 1.86. The molecule has 0 fully saturated rings. The van der Waals surface area contributed by atoms with E-state index >= 15 is 0 Å². The second-order valence-electron chi connectivity index (χ2n) is 2.74. The van der Waals surface area contributed by atoms with Gasteiger partial charge in [-0.05, 0) is 19.5 Å². The molecule has 1 aromatic rings. The van der Waals surface area contributed by atoms with E-state index in [9.17, 15) is 0 Å². The van der Waals surface area contributed by atoms with Crippen LogP contribution in [0.2, 0.25) is 0 Å². The van der Waals surface area contributed by atoms with Crippen molar-refractivity contribution in [3.05, 3.63) is 18.5 Å². The Kier molecular flexibility index (Phi) is 4.78. The molecular weight excluding hydrogens is 182 g/mol. The van der Waals surface area contributed by atoms with Gasteiger partial charge in [-0.15, -0.1) is 0 Å². The summed E-state index contributed by atoms with van der Waals surface area (Å²) < 4.78 is 0. The van der Waals surface area contributed by atoms with Crippen molar-refractivity contribution >= 4 is 11.8 Å². The molecule has 13 heavy (non-hydrogen) atoms. The van der Waals surface area contributed by atoms with Gasteiger partial charge in [0.05, 0.1) is 0 Å². The van der Waals surface area contributed by atoms with Crippen molar-refractivity contribution in [2.24, 2.45) is 0 Å². The van der Waals surface area contributed by atoms with Gasteiger partial charge in [-0.1, -0.05) is 18.7 Å². The number of aromatic nitrogens is 2. The smallest absolute Gasteiger partial charge is 0.187 e. The monoisotopic (exact) mass is 197 g/mol. The van der Waals surface area contributed by atoms with E-state index in [4.69, 9.17) is 0 Å². The largest absolute Gasteiger partial charge is 0.316 e. The van der Waals surface area contributed by atoms with Crippen LogP contribution in [0.25, 0.3) is 0 Å². The fourth-order valence-electron chi connectivity index (χ4n) is 0.940. The fraction of sp³-hybridized carbons (Fsp3) is 0.556. The zero-order valence-electron chi connectivity index (χ0n) is 8.03. The van der Waals surface area contributed by atoms with Crippen LogP contribution in [0, 0.1) is 0 Å². The molecule has 0 radical (unpaired) electrons. The van der Waals surface area contributed by atoms with E-state index in [-0.39, 0.29) is 0 Å². The van der Waals surface area contributed by atoms with Crippen LogP contribution in [-0.2, 0) is 0 Å². The van der Waals surface area contributed by atoms with Gasteiger partial charge in [0.15, 0.2) is 5.16 Å². The molecule has 4 heteroatoms. The summed E-state index contributed by atoms with van der Waals surface area (Å²) in [6.45, 7) is 2.17. The Bertz CT molecular complexity index is 224. The second-order valence-corrected chi connectivity index (χ2v) is 3.72. The zero-order valence-corrected chi connectivity index (χ0v) is 8.84. The molecule has 1 N–H and O–H groups in total. The Balaban J connectivity index is 2.34. The van der Waals surface area contributed by atoms with E-state index in [1.807, 2.05) is 13.1 Å². The molecule has 72 valence electrons. The van der Waals surface area contributed by atoms with Crippen molar-refractivity contribution in [1.29, 1.82) is 0 Å². The van der Waals surface area contributed by atoms with Gasteiger partial charge in [0, 0.05) is 24.2 Å². The molecule has 1 rings (SSSR count). The maximum absolute atomic E-state index is 4.14. The minimum absolute atomic E-state index is 0.550. The van der Waals surface area contributed by atoms with Crippen LogP contribution in [0.1, 0.15) is 13.3 Å². The number of nitrogens with zero attached hydrogens (tertiary/aromatic N) is 2. The van der Waals surface area contributed by atoms with Gasteiger partial charge in [0.25, 0.3) is 0 Å². The lowest BCUT2D eigenvalue weighted by Crippen LogP contribution is -2.26. The van der Waals surface area contributed by atoms with Gasteiger partial charge >= 0.3 is 0 Å². The highest BCUT2D eigenvalue weighted by Crippen LogP contribution is 2.13. The van der Waals surface area contributed by atoms with Crippen molar-refractivity contribution in [2.75, 3.05) is 12.8 Å². The lowest BCUT2D eigenvalue weighted by molar-refractivity contribution is 0.601. The summed E-state index contributed by atoms with van der Waals surface area (Å²) in [6.07, 6.45) is 4.68. The average Bonchev–Trinajstić information content (AvgIpc) is 2.21. The van der Waals surface area contributed by atoms with Crippen molar-refractivity contribution < 1.29 is 0 Å². The molecule has 0 aliphatic rings. The molecule has 1 heterocycles. The quantitative estimate of drug-likeness (QED) is 0.574. The molecular formula is C9H15N3S. The van der Waals surface area contributed by atoms with E-state index in [2.05, 4.69) is 22.2 Å². The van der Waals surface area contributed by atoms with E-state index in [0.717, 1.165) is 17.3 Å². The molecule has 3 nitrogen and oxygen atoms in total. The van der Waals surface area contributed by atoms with E-state index < -0.39 is 0 Å². The molecule has 0 saturated heterocycles. The number of hydrogen-bond donors (Lipinski definition) is 1. The minimum atomic E-state index is 0.550. The summed E-state index contributed by atoms with van der Waals surface area (Å²) in [5.41, 5.74) is 0. The molecule has 0 aliphatic carbocycles. The lowest BCUT2D eigenvalue weighted by Gasteiger charge is -2.11. The first kappa shape index (κ1) is 10.5. The van der Waals surface area contributed by atoms with Crippen LogP contribution in [-0.4, -0.2) is 28.8 Å². The summed E-state index contributed by atoms with van der Waals surface area (Å²) in [7, 11) is 1.99. The Morgan fingerprint density at radius 3 is 2.69 bits per heavy atom. The van der Waals surface area contributed by atoms with Crippen LogP contribution in [0.4, 0.5) is 0 Å². The highest BCUT2D eigenvalue weighted by Gasteiger charge is 2.04. The summed E-state index contributed by atoms with van der Waals surface area (Å²) in [5.74, 6) is 1.02. The Morgan fingerprint density at radius 1 is 1.46 bits per heavy atom. The minimum Gasteiger partial charge on any atom is -0.316 e. The van der Waals surface area contributed by atoms with Gasteiger partial charge < -0.3 is 5.32 Å². The third-order valence-corrected chi connectivity index (χ3v) is 2.89. The number of nitrogens with one attached hydrogen (secondary N) is 1. The average molecular weight is 197 g/mol. The number of thioether (sulfide) groups is 1. The summed E-state index contributed by atoms with van der Waals surface area (Å²) in [4.78, 5) is 8.29. The highest BCUT2D eigenvalue weighted by molar-refractivity contribution is 7.99. The molecule has 0 amide bonds. The van der Waals surface area contributed by atoms with Gasteiger partial charge in [-0.3, -0.25) is 0 Å². The van der Waals surface area contributed by atoms with Crippen LogP contribution in [0.3, 0.4) is 0 Å². The molecule has 1 unspecified atom stereocenters. The molecule has 0 spiro atoms. The second kappa shape index (κ2) is 5.94. The Hall–Kier alpha value is -0.610. The van der Waals surface area contributed by atoms with Gasteiger partial charge in [0.2, 0.25) is 0 Å². The SMILES string of the molecule is CCC(CSc1ncccn1)NC. The van der Waals surface area contributed by atoms with Crippen molar-refractivity contribution in [3.63, 3.8) is 0 Å². The maximum Gasteiger partial charge on any atom is 0.187 e. The zero-order chi connectivity index (χ0) is 9.52. The van der Waals surface area contributed by atoms with Gasteiger partial charge in [0.1, 0.15) is 0 Å². The molecule has 0 aliphatic heterocycles. The first-order valence-corrected chi connectivity index (χ1v) is 5.42. The third kappa shape index (κ3) is 3.74. The highest BCUT2D eigenvalue weighted by atomic mass is 32.2. The summed E-state index contributed by atoms with van der Waals surface area (Å²) in [6, 6.07) is 2.38. The fourth-order valence-corrected chi connectivity index (χ4v) is 1.96. The number of hydrogen-bond acceptors (Lipinski definition) is 4. The molecule has 0 bridgehead atoms. The topological polar surface area (TPSA) is 37.8 Å². The maximum atomic E-state index is 4.14. The van der Waals surface area contributed by atoms with Crippen LogP contribution in [0.5, 0.6) is 0 Å². The first-order chi connectivity index (χ1) is 6.36. The number of rotatable bonds is 5. The predicted octanol–water partition coefficient (Wildman–Crippen LogP) is 1.57. The van der Waals surface area contributed by atoms with Crippen LogP contribution in [0.15, 0.2) is 23.6 Å². The predicted molar refractivity (Wildman–Crippen MR) is 55.9 cm³/mol.